The van der Waals surface area contributed by atoms with Crippen LogP contribution in [0.1, 0.15) is 28.8 Å². The molecule has 172 valence electrons. The van der Waals surface area contributed by atoms with Crippen molar-refractivity contribution in [3.63, 3.8) is 0 Å². The van der Waals surface area contributed by atoms with Crippen molar-refractivity contribution in [1.82, 2.24) is 23.6 Å². The molecule has 0 fully saturated rings. The number of esters is 1. The van der Waals surface area contributed by atoms with Crippen LogP contribution in [0.25, 0.3) is 16.7 Å². The van der Waals surface area contributed by atoms with E-state index in [1.54, 1.807) is 35.1 Å². The van der Waals surface area contributed by atoms with E-state index in [0.29, 0.717) is 23.4 Å². The number of fused-ring (bicyclic) bond motifs is 1. The van der Waals surface area contributed by atoms with Crippen LogP contribution in [-0.4, -0.2) is 52.1 Å². The van der Waals surface area contributed by atoms with Crippen LogP contribution in [0.2, 0.25) is 0 Å². The van der Waals surface area contributed by atoms with Crippen LogP contribution in [0.15, 0.2) is 59.6 Å². The normalized spacial score (nSPS) is 11.9. The van der Waals surface area contributed by atoms with Crippen molar-refractivity contribution >= 4 is 27.0 Å². The molecule has 0 bridgehead atoms. The predicted molar refractivity (Wildman–Crippen MR) is 124 cm³/mol. The summed E-state index contributed by atoms with van der Waals surface area (Å²) in [5.41, 5.74) is 3.57. The number of carbonyl (C=O) groups excluding carboxylic acids is 1. The first-order valence-electron chi connectivity index (χ1n) is 10.4. The fourth-order valence-electron chi connectivity index (χ4n) is 3.59. The van der Waals surface area contributed by atoms with Crippen molar-refractivity contribution in [1.29, 1.82) is 0 Å². The van der Waals surface area contributed by atoms with Crippen molar-refractivity contribution in [2.75, 3.05) is 14.1 Å². The fraction of sp³-hybridized carbons (Fsp3) is 0.261. The minimum Gasteiger partial charge on any atom is -0.454 e. The quantitative estimate of drug-likeness (QED) is 0.387. The molecular weight excluding hydrogens is 442 g/mol. The molecule has 0 amide bonds. The molecule has 0 aliphatic heterocycles. The van der Waals surface area contributed by atoms with Gasteiger partial charge in [0.2, 0.25) is 10.0 Å². The molecule has 0 unspecified atom stereocenters. The van der Waals surface area contributed by atoms with Crippen LogP contribution in [0, 0.1) is 6.92 Å². The maximum Gasteiger partial charge on any atom is 0.338 e. The number of aromatic nitrogens is 4. The van der Waals surface area contributed by atoms with Crippen LogP contribution in [-0.2, 0) is 27.9 Å². The Morgan fingerprint density at radius 1 is 1.09 bits per heavy atom. The van der Waals surface area contributed by atoms with Crippen molar-refractivity contribution in [2.24, 2.45) is 0 Å². The second kappa shape index (κ2) is 8.80. The van der Waals surface area contributed by atoms with Crippen molar-refractivity contribution in [3.05, 3.63) is 71.8 Å². The molecule has 0 radical (unpaired) electrons. The van der Waals surface area contributed by atoms with Crippen LogP contribution < -0.4 is 0 Å². The van der Waals surface area contributed by atoms with Gasteiger partial charge in [-0.2, -0.15) is 5.10 Å². The molecule has 33 heavy (non-hydrogen) atoms. The maximum absolute atomic E-state index is 12.6. The molecule has 9 nitrogen and oxygen atoms in total. The van der Waals surface area contributed by atoms with Crippen LogP contribution in [0.4, 0.5) is 0 Å². The molecule has 2 heterocycles. The van der Waals surface area contributed by atoms with Crippen molar-refractivity contribution in [3.8, 4) is 5.69 Å². The number of aryl methyl sites for hydroxylation is 2. The van der Waals surface area contributed by atoms with Gasteiger partial charge in [0, 0.05) is 32.5 Å². The monoisotopic (exact) mass is 467 g/mol. The summed E-state index contributed by atoms with van der Waals surface area (Å²) in [5.74, 6) is 0.0772. The fourth-order valence-corrected chi connectivity index (χ4v) is 4.51. The largest absolute Gasteiger partial charge is 0.454 e. The first-order chi connectivity index (χ1) is 15.7. The molecule has 0 saturated carbocycles. The summed E-state index contributed by atoms with van der Waals surface area (Å²) < 4.78 is 35.2. The standard InChI is InChI=1S/C23H25N5O4S/c1-5-27-21-11-10-19(33(30,31)26(3)4)14-20(21)25-22(27)15-32-23(29)17-6-8-18(9-7-17)28-16(2)12-13-24-28/h6-14H,5,15H2,1-4H3. The number of ether oxygens (including phenoxy) is 1. The second-order valence-corrected chi connectivity index (χ2v) is 9.87. The van der Waals surface area contributed by atoms with Crippen molar-refractivity contribution in [2.45, 2.75) is 31.9 Å². The van der Waals surface area contributed by atoms with E-state index in [9.17, 15) is 13.2 Å². The smallest absolute Gasteiger partial charge is 0.338 e. The van der Waals surface area contributed by atoms with Crippen molar-refractivity contribution < 1.29 is 17.9 Å². The summed E-state index contributed by atoms with van der Waals surface area (Å²) in [6.45, 7) is 4.47. The zero-order valence-electron chi connectivity index (χ0n) is 18.9. The minimum atomic E-state index is -3.57. The highest BCUT2D eigenvalue weighted by molar-refractivity contribution is 7.89. The van der Waals surface area contributed by atoms with Gasteiger partial charge in [-0.3, -0.25) is 0 Å². The molecule has 0 spiro atoms. The summed E-state index contributed by atoms with van der Waals surface area (Å²) >= 11 is 0. The molecule has 0 saturated heterocycles. The number of hydrogen-bond donors (Lipinski definition) is 0. The molecule has 4 rings (SSSR count). The Bertz CT molecular complexity index is 1420. The number of benzene rings is 2. The Morgan fingerprint density at radius 2 is 1.82 bits per heavy atom. The van der Waals surface area contributed by atoms with E-state index in [2.05, 4.69) is 10.1 Å². The zero-order valence-corrected chi connectivity index (χ0v) is 19.7. The highest BCUT2D eigenvalue weighted by atomic mass is 32.2. The van der Waals surface area contributed by atoms with Gasteiger partial charge in [-0.05, 0) is 62.4 Å². The molecule has 2 aromatic heterocycles. The molecular formula is C23H25N5O4S. The van der Waals surface area contributed by atoms with Crippen LogP contribution in [0.3, 0.4) is 0 Å². The Labute approximate surface area is 192 Å². The number of carbonyl (C=O) groups is 1. The van der Waals surface area contributed by atoms with E-state index in [4.69, 9.17) is 4.74 Å². The first-order valence-corrected chi connectivity index (χ1v) is 11.9. The Hall–Kier alpha value is -3.50. The molecule has 10 heteroatoms. The first kappa shape index (κ1) is 22.7. The SMILES string of the molecule is CCn1c(COC(=O)c2ccc(-n3nccc3C)cc2)nc2cc(S(=O)(=O)N(C)C)ccc21. The van der Waals surface area contributed by atoms with E-state index >= 15 is 0 Å². The summed E-state index contributed by atoms with van der Waals surface area (Å²) in [7, 11) is -0.603. The van der Waals surface area contributed by atoms with Crippen LogP contribution in [0.5, 0.6) is 0 Å². The van der Waals surface area contributed by atoms with E-state index in [0.717, 1.165) is 21.2 Å². The minimum absolute atomic E-state index is 0.0306. The van der Waals surface area contributed by atoms with Crippen LogP contribution >= 0.6 is 0 Å². The number of imidazole rings is 1. The lowest BCUT2D eigenvalue weighted by molar-refractivity contribution is 0.0458. The summed E-state index contributed by atoms with van der Waals surface area (Å²) in [4.78, 5) is 17.3. The highest BCUT2D eigenvalue weighted by Gasteiger charge is 2.20. The van der Waals surface area contributed by atoms with Gasteiger partial charge in [0.05, 0.1) is 27.2 Å². The lowest BCUT2D eigenvalue weighted by Gasteiger charge is -2.11. The van der Waals surface area contributed by atoms with E-state index in [1.807, 2.05) is 36.6 Å². The number of sulfonamides is 1. The zero-order chi connectivity index (χ0) is 23.8. The van der Waals surface area contributed by atoms with Gasteiger partial charge in [-0.25, -0.2) is 27.2 Å². The lowest BCUT2D eigenvalue weighted by Crippen LogP contribution is -2.22. The summed E-state index contributed by atoms with van der Waals surface area (Å²) in [5, 5.41) is 4.26. The van der Waals surface area contributed by atoms with Gasteiger partial charge in [-0.15, -0.1) is 0 Å². The third-order valence-corrected chi connectivity index (χ3v) is 7.22. The Kier molecular flexibility index (Phi) is 6.05. The Morgan fingerprint density at radius 3 is 2.42 bits per heavy atom. The van der Waals surface area contributed by atoms with Gasteiger partial charge in [-0.1, -0.05) is 0 Å². The lowest BCUT2D eigenvalue weighted by atomic mass is 10.2. The second-order valence-electron chi connectivity index (χ2n) is 7.72. The van der Waals surface area contributed by atoms with E-state index in [-0.39, 0.29) is 11.5 Å². The Balaban J connectivity index is 1.54. The highest BCUT2D eigenvalue weighted by Crippen LogP contribution is 2.23. The number of nitrogens with zero attached hydrogens (tertiary/aromatic N) is 5. The summed E-state index contributed by atoms with van der Waals surface area (Å²) in [6.07, 6.45) is 1.72. The third-order valence-electron chi connectivity index (χ3n) is 5.41. The van der Waals surface area contributed by atoms with E-state index in [1.165, 1.54) is 20.2 Å². The number of hydrogen-bond acceptors (Lipinski definition) is 6. The molecule has 0 aliphatic rings. The third kappa shape index (κ3) is 4.27. The topological polar surface area (TPSA) is 99.3 Å². The van der Waals surface area contributed by atoms with Gasteiger partial charge in [0.25, 0.3) is 0 Å². The average molecular weight is 468 g/mol. The van der Waals surface area contributed by atoms with Gasteiger partial charge in [0.1, 0.15) is 12.4 Å². The van der Waals surface area contributed by atoms with Gasteiger partial charge < -0.3 is 9.30 Å². The molecule has 2 aromatic carbocycles. The number of rotatable bonds is 7. The molecule has 0 atom stereocenters. The average Bonchev–Trinajstić information content (AvgIpc) is 3.39. The van der Waals surface area contributed by atoms with Gasteiger partial charge >= 0.3 is 5.97 Å². The van der Waals surface area contributed by atoms with E-state index < -0.39 is 16.0 Å². The predicted octanol–water partition coefficient (Wildman–Crippen LogP) is 3.16. The molecule has 0 aliphatic carbocycles. The molecule has 0 N–H and O–H groups in total. The summed E-state index contributed by atoms with van der Waals surface area (Å²) in [6, 6.07) is 13.7. The molecule has 4 aromatic rings. The maximum atomic E-state index is 12.6. The van der Waals surface area contributed by atoms with Gasteiger partial charge in [0.15, 0.2) is 0 Å².